The molecule has 0 radical (unpaired) electrons. The molecule has 0 fully saturated rings. The fraction of sp³-hybridized carbons (Fsp3) is 0.250. The Hall–Kier alpha value is -2.77. The molecular formula is C12H13N5O3. The highest BCUT2D eigenvalue weighted by Gasteiger charge is 2.13. The number of carbonyl (C=O) groups is 2. The van der Waals surface area contributed by atoms with E-state index in [2.05, 4.69) is 25.3 Å². The standard InChI is InChI=1S/C12H13N5O3/c1-17-11-10(15-16-17)8(5-7-13-11)12(19)14-6-3-4-9(18)20-2/h3-5,7H,6H2,1-2H3,(H,14,19)/b4-3+. The van der Waals surface area contributed by atoms with Gasteiger partial charge in [-0.1, -0.05) is 11.3 Å². The maximum atomic E-state index is 12.0. The molecule has 0 bridgehead atoms. The van der Waals surface area contributed by atoms with Gasteiger partial charge in [-0.15, -0.1) is 5.10 Å². The summed E-state index contributed by atoms with van der Waals surface area (Å²) in [6.45, 7) is 0.206. The average molecular weight is 275 g/mol. The van der Waals surface area contributed by atoms with Gasteiger partial charge in [0, 0.05) is 25.9 Å². The normalized spacial score (nSPS) is 10.9. The van der Waals surface area contributed by atoms with Crippen LogP contribution in [0.2, 0.25) is 0 Å². The molecule has 0 aliphatic rings. The Balaban J connectivity index is 2.08. The summed E-state index contributed by atoms with van der Waals surface area (Å²) in [5.41, 5.74) is 1.35. The molecule has 1 N–H and O–H groups in total. The summed E-state index contributed by atoms with van der Waals surface area (Å²) >= 11 is 0. The maximum Gasteiger partial charge on any atom is 0.330 e. The molecule has 20 heavy (non-hydrogen) atoms. The zero-order valence-corrected chi connectivity index (χ0v) is 11.0. The first-order valence-corrected chi connectivity index (χ1v) is 5.80. The minimum atomic E-state index is -0.473. The zero-order chi connectivity index (χ0) is 14.5. The van der Waals surface area contributed by atoms with Crippen molar-refractivity contribution in [1.82, 2.24) is 25.3 Å². The van der Waals surface area contributed by atoms with E-state index in [4.69, 9.17) is 0 Å². The second kappa shape index (κ2) is 5.91. The van der Waals surface area contributed by atoms with Gasteiger partial charge in [0.25, 0.3) is 5.91 Å². The van der Waals surface area contributed by atoms with E-state index >= 15 is 0 Å². The van der Waals surface area contributed by atoms with Crippen molar-refractivity contribution < 1.29 is 14.3 Å². The molecule has 0 unspecified atom stereocenters. The molecule has 2 aromatic rings. The van der Waals surface area contributed by atoms with Crippen LogP contribution in [0.1, 0.15) is 10.4 Å². The topological polar surface area (TPSA) is 99.0 Å². The first kappa shape index (κ1) is 13.7. The lowest BCUT2D eigenvalue weighted by molar-refractivity contribution is -0.134. The highest BCUT2D eigenvalue weighted by molar-refractivity contribution is 6.03. The minimum Gasteiger partial charge on any atom is -0.466 e. The SMILES string of the molecule is COC(=O)/C=C/CNC(=O)c1ccnc2c1nnn2C. The van der Waals surface area contributed by atoms with E-state index in [0.29, 0.717) is 16.7 Å². The van der Waals surface area contributed by atoms with Gasteiger partial charge in [0.2, 0.25) is 0 Å². The average Bonchev–Trinajstić information content (AvgIpc) is 2.84. The second-order valence-electron chi connectivity index (χ2n) is 3.88. The van der Waals surface area contributed by atoms with Gasteiger partial charge in [0.15, 0.2) is 5.65 Å². The molecule has 0 aliphatic carbocycles. The summed E-state index contributed by atoms with van der Waals surface area (Å²) in [5.74, 6) is -0.785. The van der Waals surface area contributed by atoms with Gasteiger partial charge in [0.1, 0.15) is 5.52 Å². The molecule has 0 saturated heterocycles. The fourth-order valence-electron chi connectivity index (χ4n) is 1.59. The smallest absolute Gasteiger partial charge is 0.330 e. The number of rotatable bonds is 4. The lowest BCUT2D eigenvalue weighted by Crippen LogP contribution is -2.23. The molecule has 8 nitrogen and oxygen atoms in total. The van der Waals surface area contributed by atoms with Crippen LogP contribution in [0.3, 0.4) is 0 Å². The molecule has 0 aromatic carbocycles. The molecule has 0 spiro atoms. The minimum absolute atomic E-state index is 0.206. The van der Waals surface area contributed by atoms with Crippen molar-refractivity contribution in [2.24, 2.45) is 7.05 Å². The van der Waals surface area contributed by atoms with Gasteiger partial charge in [-0.25, -0.2) is 14.5 Å². The molecular weight excluding hydrogens is 262 g/mol. The Bertz CT molecular complexity index is 677. The highest BCUT2D eigenvalue weighted by atomic mass is 16.5. The number of nitrogens with one attached hydrogen (secondary N) is 1. The van der Waals surface area contributed by atoms with Crippen LogP contribution in [0, 0.1) is 0 Å². The van der Waals surface area contributed by atoms with Crippen molar-refractivity contribution in [2.75, 3.05) is 13.7 Å². The number of pyridine rings is 1. The van der Waals surface area contributed by atoms with Crippen LogP contribution >= 0.6 is 0 Å². The van der Waals surface area contributed by atoms with Crippen LogP contribution in [0.5, 0.6) is 0 Å². The van der Waals surface area contributed by atoms with E-state index in [0.717, 1.165) is 0 Å². The number of fused-ring (bicyclic) bond motifs is 1. The van der Waals surface area contributed by atoms with E-state index in [-0.39, 0.29) is 12.5 Å². The predicted octanol–water partition coefficient (Wildman–Crippen LogP) is -0.178. The van der Waals surface area contributed by atoms with Gasteiger partial charge in [-0.2, -0.15) is 0 Å². The quantitative estimate of drug-likeness (QED) is 0.614. The monoisotopic (exact) mass is 275 g/mol. The second-order valence-corrected chi connectivity index (χ2v) is 3.88. The number of ether oxygens (including phenoxy) is 1. The lowest BCUT2D eigenvalue weighted by atomic mass is 10.2. The van der Waals surface area contributed by atoms with Crippen LogP contribution in [0.4, 0.5) is 0 Å². The van der Waals surface area contributed by atoms with Crippen molar-refractivity contribution in [3.8, 4) is 0 Å². The third-order valence-electron chi connectivity index (χ3n) is 2.57. The Morgan fingerprint density at radius 1 is 1.50 bits per heavy atom. The van der Waals surface area contributed by atoms with Crippen molar-refractivity contribution >= 4 is 23.0 Å². The van der Waals surface area contributed by atoms with Crippen LogP contribution in [-0.2, 0) is 16.6 Å². The molecule has 104 valence electrons. The first-order chi connectivity index (χ1) is 9.63. The Morgan fingerprint density at radius 3 is 3.05 bits per heavy atom. The summed E-state index contributed by atoms with van der Waals surface area (Å²) in [6, 6.07) is 1.57. The predicted molar refractivity (Wildman–Crippen MR) is 69.8 cm³/mol. The molecule has 2 rings (SSSR count). The summed E-state index contributed by atoms with van der Waals surface area (Å²) in [4.78, 5) is 27.0. The van der Waals surface area contributed by atoms with Crippen LogP contribution in [-0.4, -0.2) is 45.5 Å². The molecule has 2 heterocycles. The first-order valence-electron chi connectivity index (χ1n) is 5.80. The number of hydrogen-bond donors (Lipinski definition) is 1. The number of nitrogens with zero attached hydrogens (tertiary/aromatic N) is 4. The van der Waals surface area contributed by atoms with Gasteiger partial charge in [-0.3, -0.25) is 4.79 Å². The van der Waals surface area contributed by atoms with Crippen molar-refractivity contribution in [3.63, 3.8) is 0 Å². The number of esters is 1. The van der Waals surface area contributed by atoms with Crippen molar-refractivity contribution in [1.29, 1.82) is 0 Å². The van der Waals surface area contributed by atoms with Crippen molar-refractivity contribution in [2.45, 2.75) is 0 Å². The van der Waals surface area contributed by atoms with Crippen LogP contribution < -0.4 is 5.32 Å². The Morgan fingerprint density at radius 2 is 2.30 bits per heavy atom. The van der Waals surface area contributed by atoms with Gasteiger partial charge >= 0.3 is 5.97 Å². The highest BCUT2D eigenvalue weighted by Crippen LogP contribution is 2.12. The zero-order valence-electron chi connectivity index (χ0n) is 11.0. The van der Waals surface area contributed by atoms with E-state index < -0.39 is 5.97 Å². The molecule has 2 aromatic heterocycles. The van der Waals surface area contributed by atoms with Gasteiger partial charge in [0.05, 0.1) is 12.7 Å². The largest absolute Gasteiger partial charge is 0.466 e. The lowest BCUT2D eigenvalue weighted by Gasteiger charge is -2.02. The summed E-state index contributed by atoms with van der Waals surface area (Å²) in [5, 5.41) is 10.4. The fourth-order valence-corrected chi connectivity index (χ4v) is 1.59. The summed E-state index contributed by atoms with van der Waals surface area (Å²) in [7, 11) is 2.98. The van der Waals surface area contributed by atoms with Gasteiger partial charge in [-0.05, 0) is 6.07 Å². The number of carbonyl (C=O) groups excluding carboxylic acids is 2. The molecule has 1 amide bonds. The molecule has 0 aliphatic heterocycles. The number of methoxy groups -OCH3 is 1. The van der Waals surface area contributed by atoms with Crippen molar-refractivity contribution in [3.05, 3.63) is 30.0 Å². The number of aromatic nitrogens is 4. The molecule has 0 saturated carbocycles. The van der Waals surface area contributed by atoms with E-state index in [9.17, 15) is 9.59 Å². The number of aryl methyl sites for hydroxylation is 1. The van der Waals surface area contributed by atoms with E-state index in [1.807, 2.05) is 0 Å². The maximum absolute atomic E-state index is 12.0. The Labute approximate surface area is 114 Å². The summed E-state index contributed by atoms with van der Waals surface area (Å²) in [6.07, 6.45) is 4.26. The Kier molecular flexibility index (Phi) is 4.04. The molecule has 8 heteroatoms. The van der Waals surface area contributed by atoms with Gasteiger partial charge < -0.3 is 10.1 Å². The van der Waals surface area contributed by atoms with Crippen LogP contribution in [0.25, 0.3) is 11.2 Å². The van der Waals surface area contributed by atoms with E-state index in [1.54, 1.807) is 13.1 Å². The van der Waals surface area contributed by atoms with E-state index in [1.165, 1.54) is 30.1 Å². The molecule has 0 atom stereocenters. The number of amides is 1. The third-order valence-corrected chi connectivity index (χ3v) is 2.57. The third kappa shape index (κ3) is 2.79. The number of hydrogen-bond acceptors (Lipinski definition) is 6. The summed E-state index contributed by atoms with van der Waals surface area (Å²) < 4.78 is 5.92. The van der Waals surface area contributed by atoms with Crippen LogP contribution in [0.15, 0.2) is 24.4 Å².